The van der Waals surface area contributed by atoms with Crippen LogP contribution >= 0.6 is 0 Å². The third-order valence-electron chi connectivity index (χ3n) is 1.33. The minimum absolute atomic E-state index is 0.153. The zero-order valence-corrected chi connectivity index (χ0v) is 5.85. The van der Waals surface area contributed by atoms with Gasteiger partial charge in [-0.3, -0.25) is 10.7 Å². The lowest BCUT2D eigenvalue weighted by Crippen LogP contribution is -2.34. The first kappa shape index (κ1) is 7.07. The van der Waals surface area contributed by atoms with E-state index in [0.717, 1.165) is 0 Å². The molecule has 2 rings (SSSR count). The number of hydrogen-bond donors (Lipinski definition) is 3. The number of aromatic amines is 1. The predicted octanol–water partition coefficient (Wildman–Crippen LogP) is -3.42. The summed E-state index contributed by atoms with van der Waals surface area (Å²) in [5.41, 5.74) is 4.75. The molecule has 0 radical (unpaired) electrons. The molecule has 0 fully saturated rings. The van der Waals surface area contributed by atoms with Crippen LogP contribution in [-0.2, 0) is 0 Å². The van der Waals surface area contributed by atoms with E-state index in [-0.39, 0.29) is 10.8 Å². The summed E-state index contributed by atoms with van der Waals surface area (Å²) in [4.78, 5) is 23.4. The molecule has 0 bridgehead atoms. The second kappa shape index (κ2) is 1.96. The quantitative estimate of drug-likeness (QED) is 0.349. The maximum Gasteiger partial charge on any atom is 0.346 e. The molecule has 12 heavy (non-hydrogen) atoms. The molecule has 7 nitrogen and oxygen atoms in total. The van der Waals surface area contributed by atoms with Crippen LogP contribution in [0.25, 0.3) is 0 Å². The lowest BCUT2D eigenvalue weighted by Gasteiger charge is -2.04. The number of H-pyrrole nitrogens is 1. The second-order valence-corrected chi connectivity index (χ2v) is 2.33. The van der Waals surface area contributed by atoms with Crippen LogP contribution in [0.3, 0.4) is 0 Å². The average molecular weight is 167 g/mol. The minimum Gasteiger partial charge on any atom is -0.339 e. The highest BCUT2D eigenvalue weighted by Crippen LogP contribution is 1.96. The Morgan fingerprint density at radius 1 is 1.58 bits per heavy atom. The SMILES string of the molecule is NC1(O)N=c2cnc(=O)[nH]c2=N1. The Morgan fingerprint density at radius 3 is 3.08 bits per heavy atom. The van der Waals surface area contributed by atoms with Gasteiger partial charge in [-0.2, -0.15) is 9.98 Å². The molecule has 0 amide bonds. The average Bonchev–Trinajstić information content (AvgIpc) is 2.21. The molecule has 1 aliphatic rings. The highest BCUT2D eigenvalue weighted by Gasteiger charge is 2.21. The van der Waals surface area contributed by atoms with Gasteiger partial charge in [-0.25, -0.2) is 9.79 Å². The maximum absolute atomic E-state index is 10.6. The van der Waals surface area contributed by atoms with Gasteiger partial charge in [-0.05, 0) is 0 Å². The molecular formula is C5H5N5O2. The van der Waals surface area contributed by atoms with Crippen molar-refractivity contribution >= 4 is 0 Å². The van der Waals surface area contributed by atoms with Gasteiger partial charge in [0.15, 0.2) is 5.49 Å². The van der Waals surface area contributed by atoms with Gasteiger partial charge in [0.2, 0.25) is 0 Å². The summed E-state index contributed by atoms with van der Waals surface area (Å²) in [5.74, 6) is -1.96. The van der Waals surface area contributed by atoms with Gasteiger partial charge in [0.1, 0.15) is 5.36 Å². The van der Waals surface area contributed by atoms with Crippen LogP contribution in [-0.4, -0.2) is 21.0 Å². The molecule has 1 aromatic heterocycles. The predicted molar refractivity (Wildman–Crippen MR) is 36.3 cm³/mol. The first-order chi connectivity index (χ1) is 5.57. The molecule has 1 aliphatic heterocycles. The van der Waals surface area contributed by atoms with Gasteiger partial charge in [0.05, 0.1) is 6.20 Å². The summed E-state index contributed by atoms with van der Waals surface area (Å²) in [5, 5.41) is 9.38. The normalized spacial score (nSPS) is 25.8. The number of fused-ring (bicyclic) bond motifs is 1. The number of aliphatic hydroxyl groups is 1. The van der Waals surface area contributed by atoms with Crippen molar-refractivity contribution < 1.29 is 5.11 Å². The lowest BCUT2D eigenvalue weighted by molar-refractivity contribution is 0.0645. The molecule has 0 saturated carbocycles. The number of aromatic nitrogens is 2. The van der Waals surface area contributed by atoms with Crippen LogP contribution < -0.4 is 22.3 Å². The first-order valence-electron chi connectivity index (χ1n) is 3.13. The maximum atomic E-state index is 10.6. The fraction of sp³-hybridized carbons (Fsp3) is 0.200. The van der Waals surface area contributed by atoms with Crippen molar-refractivity contribution in [3.05, 3.63) is 27.5 Å². The highest BCUT2D eigenvalue weighted by atomic mass is 16.3. The number of hydrogen-bond acceptors (Lipinski definition) is 6. The summed E-state index contributed by atoms with van der Waals surface area (Å²) in [6, 6.07) is 0. The highest BCUT2D eigenvalue weighted by molar-refractivity contribution is 4.88. The van der Waals surface area contributed by atoms with E-state index < -0.39 is 11.7 Å². The topological polar surface area (TPSA) is 117 Å². The third kappa shape index (κ3) is 1.00. The third-order valence-corrected chi connectivity index (χ3v) is 1.33. The Balaban J connectivity index is 2.87. The van der Waals surface area contributed by atoms with E-state index in [1.807, 2.05) is 0 Å². The molecule has 1 aromatic rings. The van der Waals surface area contributed by atoms with Gasteiger partial charge >= 0.3 is 11.7 Å². The van der Waals surface area contributed by atoms with Crippen LogP contribution in [0, 0.1) is 0 Å². The molecule has 1 atom stereocenters. The van der Waals surface area contributed by atoms with E-state index in [4.69, 9.17) is 10.8 Å². The molecule has 0 spiro atoms. The molecule has 1 unspecified atom stereocenters. The van der Waals surface area contributed by atoms with Crippen LogP contribution in [0.15, 0.2) is 21.0 Å². The lowest BCUT2D eigenvalue weighted by atomic mass is 10.6. The van der Waals surface area contributed by atoms with Gasteiger partial charge in [0, 0.05) is 0 Å². The largest absolute Gasteiger partial charge is 0.346 e. The Hall–Kier alpha value is -1.60. The van der Waals surface area contributed by atoms with Crippen LogP contribution in [0.2, 0.25) is 0 Å². The molecule has 0 aromatic carbocycles. The standard InChI is InChI=1S/C5H5N5O2/c6-5(12)9-2-1-7-4(11)8-3(2)10-5/h1,12H,6H2,(H,8,10,11). The zero-order chi connectivity index (χ0) is 8.77. The first-order valence-corrected chi connectivity index (χ1v) is 3.13. The Kier molecular flexibility index (Phi) is 1.15. The van der Waals surface area contributed by atoms with E-state index in [0.29, 0.717) is 0 Å². The fourth-order valence-corrected chi connectivity index (χ4v) is 0.912. The van der Waals surface area contributed by atoms with Gasteiger partial charge in [-0.15, -0.1) is 0 Å². The van der Waals surface area contributed by atoms with E-state index in [1.54, 1.807) is 0 Å². The van der Waals surface area contributed by atoms with Crippen molar-refractivity contribution in [3.63, 3.8) is 0 Å². The number of nitrogens with one attached hydrogen (secondary N) is 1. The summed E-state index contributed by atoms with van der Waals surface area (Å²) in [6.07, 6.45) is 1.20. The molecule has 2 heterocycles. The second-order valence-electron chi connectivity index (χ2n) is 2.33. The van der Waals surface area contributed by atoms with Gasteiger partial charge in [-0.1, -0.05) is 0 Å². The fourth-order valence-electron chi connectivity index (χ4n) is 0.912. The van der Waals surface area contributed by atoms with Gasteiger partial charge in [0.25, 0.3) is 0 Å². The minimum atomic E-state index is -1.96. The number of rotatable bonds is 0. The smallest absolute Gasteiger partial charge is 0.339 e. The van der Waals surface area contributed by atoms with Crippen LogP contribution in [0.1, 0.15) is 0 Å². The number of nitrogens with two attached hydrogens (primary N) is 1. The van der Waals surface area contributed by atoms with E-state index >= 15 is 0 Å². The van der Waals surface area contributed by atoms with Crippen molar-refractivity contribution in [2.45, 2.75) is 5.97 Å². The summed E-state index contributed by atoms with van der Waals surface area (Å²) < 4.78 is 0. The summed E-state index contributed by atoms with van der Waals surface area (Å²) >= 11 is 0. The summed E-state index contributed by atoms with van der Waals surface area (Å²) in [7, 11) is 0. The number of nitrogens with zero attached hydrogens (tertiary/aromatic N) is 3. The van der Waals surface area contributed by atoms with E-state index in [9.17, 15) is 4.79 Å². The molecular weight excluding hydrogens is 162 g/mol. The monoisotopic (exact) mass is 167 g/mol. The van der Waals surface area contributed by atoms with Crippen LogP contribution in [0.5, 0.6) is 0 Å². The van der Waals surface area contributed by atoms with Gasteiger partial charge < -0.3 is 5.11 Å². The molecule has 62 valence electrons. The molecule has 4 N–H and O–H groups in total. The zero-order valence-electron chi connectivity index (χ0n) is 5.85. The van der Waals surface area contributed by atoms with Crippen molar-refractivity contribution in [2.75, 3.05) is 0 Å². The molecule has 0 saturated heterocycles. The Bertz CT molecular complexity index is 487. The van der Waals surface area contributed by atoms with E-state index in [2.05, 4.69) is 20.0 Å². The van der Waals surface area contributed by atoms with Crippen molar-refractivity contribution in [2.24, 2.45) is 15.7 Å². The van der Waals surface area contributed by atoms with E-state index in [1.165, 1.54) is 6.20 Å². The Labute approximate surface area is 65.3 Å². The summed E-state index contributed by atoms with van der Waals surface area (Å²) in [6.45, 7) is 0. The van der Waals surface area contributed by atoms with Crippen LogP contribution in [0.4, 0.5) is 0 Å². The van der Waals surface area contributed by atoms with Crippen molar-refractivity contribution in [3.8, 4) is 0 Å². The molecule has 7 heteroatoms. The van der Waals surface area contributed by atoms with Crippen molar-refractivity contribution in [1.29, 1.82) is 0 Å². The molecule has 0 aliphatic carbocycles. The van der Waals surface area contributed by atoms with Crippen molar-refractivity contribution in [1.82, 2.24) is 9.97 Å². The Morgan fingerprint density at radius 2 is 2.33 bits per heavy atom.